The molecular formula is C23H30BrClFN5O2. The second-order valence-corrected chi connectivity index (χ2v) is 11.2. The van der Waals surface area contributed by atoms with Gasteiger partial charge in [0.1, 0.15) is 22.8 Å². The molecule has 10 heteroatoms. The number of hydrogen-bond donors (Lipinski definition) is 0. The molecule has 2 heterocycles. The average molecular weight is 543 g/mol. The average Bonchev–Trinajstić information content (AvgIpc) is 2.69. The molecule has 4 rings (SSSR count). The third-order valence-electron chi connectivity index (χ3n) is 6.26. The van der Waals surface area contributed by atoms with Gasteiger partial charge in [0.05, 0.1) is 9.50 Å². The fraction of sp³-hybridized carbons (Fsp3) is 0.609. The van der Waals surface area contributed by atoms with Crippen molar-refractivity contribution in [1.29, 1.82) is 0 Å². The van der Waals surface area contributed by atoms with Gasteiger partial charge in [0.2, 0.25) is 0 Å². The van der Waals surface area contributed by atoms with Gasteiger partial charge >= 0.3 is 6.09 Å². The van der Waals surface area contributed by atoms with Gasteiger partial charge in [0.25, 0.3) is 0 Å². The summed E-state index contributed by atoms with van der Waals surface area (Å²) in [6, 6.07) is 2.20. The van der Waals surface area contributed by atoms with Crippen LogP contribution in [0.4, 0.5) is 15.0 Å². The molecule has 1 saturated carbocycles. The van der Waals surface area contributed by atoms with E-state index in [1.54, 1.807) is 11.0 Å². The molecule has 1 aromatic heterocycles. The number of carbonyl (C=O) groups is 1. The van der Waals surface area contributed by atoms with Gasteiger partial charge in [-0.3, -0.25) is 0 Å². The van der Waals surface area contributed by atoms with E-state index >= 15 is 4.39 Å². The monoisotopic (exact) mass is 541 g/mol. The van der Waals surface area contributed by atoms with Gasteiger partial charge in [-0.05, 0) is 69.7 Å². The Kier molecular flexibility index (Phi) is 6.77. The van der Waals surface area contributed by atoms with Crippen molar-refractivity contribution in [3.63, 3.8) is 0 Å². The summed E-state index contributed by atoms with van der Waals surface area (Å²) in [5, 5.41) is 0.861. The van der Waals surface area contributed by atoms with Crippen molar-refractivity contribution >= 4 is 50.3 Å². The molecule has 2 fully saturated rings. The van der Waals surface area contributed by atoms with Gasteiger partial charge in [0, 0.05) is 43.5 Å². The van der Waals surface area contributed by atoms with Crippen molar-refractivity contribution < 1.29 is 13.9 Å². The van der Waals surface area contributed by atoms with Gasteiger partial charge in [-0.15, -0.1) is 0 Å². The first-order valence-electron chi connectivity index (χ1n) is 11.2. The van der Waals surface area contributed by atoms with E-state index in [0.717, 1.165) is 12.8 Å². The summed E-state index contributed by atoms with van der Waals surface area (Å²) in [6.45, 7) is 7.67. The van der Waals surface area contributed by atoms with E-state index in [2.05, 4.69) is 44.8 Å². The van der Waals surface area contributed by atoms with Gasteiger partial charge in [-0.25, -0.2) is 19.2 Å². The number of ether oxygens (including phenoxy) is 1. The minimum absolute atomic E-state index is 0.192. The van der Waals surface area contributed by atoms with E-state index in [0.29, 0.717) is 49.2 Å². The van der Waals surface area contributed by atoms with Crippen molar-refractivity contribution in [3.05, 3.63) is 27.2 Å². The lowest BCUT2D eigenvalue weighted by atomic mass is 9.79. The fourth-order valence-electron chi connectivity index (χ4n) is 4.24. The van der Waals surface area contributed by atoms with Crippen LogP contribution in [0.3, 0.4) is 0 Å². The van der Waals surface area contributed by atoms with E-state index in [9.17, 15) is 4.79 Å². The van der Waals surface area contributed by atoms with Crippen LogP contribution in [0, 0.1) is 5.82 Å². The van der Waals surface area contributed by atoms with Crippen LogP contribution in [-0.2, 0) is 4.74 Å². The van der Waals surface area contributed by atoms with Crippen LogP contribution in [0.5, 0.6) is 0 Å². The van der Waals surface area contributed by atoms with E-state index in [1.807, 2.05) is 20.8 Å². The van der Waals surface area contributed by atoms with E-state index in [4.69, 9.17) is 21.3 Å². The van der Waals surface area contributed by atoms with Crippen LogP contribution >= 0.6 is 27.5 Å². The Morgan fingerprint density at radius 1 is 1.21 bits per heavy atom. The van der Waals surface area contributed by atoms with Gasteiger partial charge in [0.15, 0.2) is 5.82 Å². The summed E-state index contributed by atoms with van der Waals surface area (Å²) in [6.07, 6.45) is 1.57. The summed E-state index contributed by atoms with van der Waals surface area (Å²) < 4.78 is 20.9. The molecule has 1 aliphatic heterocycles. The number of carbonyl (C=O) groups excluding carboxylic acids is 1. The lowest BCUT2D eigenvalue weighted by Gasteiger charge is -2.39. The summed E-state index contributed by atoms with van der Waals surface area (Å²) >= 11 is 9.53. The molecule has 1 saturated heterocycles. The van der Waals surface area contributed by atoms with Crippen LogP contribution in [0.2, 0.25) is 5.02 Å². The highest BCUT2D eigenvalue weighted by atomic mass is 79.9. The third-order valence-corrected chi connectivity index (χ3v) is 7.57. The Balaban J connectivity index is 1.63. The lowest BCUT2D eigenvalue weighted by Crippen LogP contribution is -2.50. The lowest BCUT2D eigenvalue weighted by molar-refractivity contribution is 0.0240. The summed E-state index contributed by atoms with van der Waals surface area (Å²) in [7, 11) is 4.13. The second kappa shape index (κ2) is 9.15. The Morgan fingerprint density at radius 3 is 2.42 bits per heavy atom. The Hall–Kier alpha value is -1.71. The molecule has 180 valence electrons. The number of fused-ring (bicyclic) bond motifs is 1. The largest absolute Gasteiger partial charge is 0.444 e. The predicted octanol–water partition coefficient (Wildman–Crippen LogP) is 5.05. The number of benzene rings is 1. The fourth-order valence-corrected chi connectivity index (χ4v) is 4.74. The number of hydrogen-bond acceptors (Lipinski definition) is 6. The Labute approximate surface area is 207 Å². The highest BCUT2D eigenvalue weighted by Crippen LogP contribution is 2.41. The second-order valence-electron chi connectivity index (χ2n) is 10.0. The molecule has 1 aliphatic carbocycles. The molecule has 0 bridgehead atoms. The number of amides is 1. The SMILES string of the molecule is CN(C)C1CC(c2nc(N3CCN(C(=O)OC(C)(C)C)CC3)c3cc(Cl)c(Br)c(F)c3n2)C1. The van der Waals surface area contributed by atoms with E-state index in [1.165, 1.54) is 0 Å². The molecule has 1 amide bonds. The molecule has 33 heavy (non-hydrogen) atoms. The number of aromatic nitrogens is 2. The standard InChI is InChI=1S/C23H30BrClFN5O2/c1-23(2,3)33-22(32)31-8-6-30(7-9-31)21-15-12-16(25)17(24)18(26)19(15)27-20(28-21)13-10-14(11-13)29(4)5/h12-14H,6-11H2,1-5H3. The zero-order valence-corrected chi connectivity index (χ0v) is 22.0. The number of nitrogens with zero attached hydrogens (tertiary/aromatic N) is 5. The van der Waals surface area contributed by atoms with E-state index < -0.39 is 11.4 Å². The molecular weight excluding hydrogens is 513 g/mol. The minimum atomic E-state index is -0.541. The Bertz CT molecular complexity index is 1060. The van der Waals surface area contributed by atoms with Crippen molar-refractivity contribution in [2.75, 3.05) is 45.2 Å². The minimum Gasteiger partial charge on any atom is -0.444 e. The first-order chi connectivity index (χ1) is 15.4. The summed E-state index contributed by atoms with van der Waals surface area (Å²) in [5.41, 5.74) is -0.268. The summed E-state index contributed by atoms with van der Waals surface area (Å²) in [5.74, 6) is 1.05. The molecule has 0 radical (unpaired) electrons. The summed E-state index contributed by atoms with van der Waals surface area (Å²) in [4.78, 5) is 28.0. The molecule has 2 aromatic rings. The van der Waals surface area contributed by atoms with Crippen molar-refractivity contribution in [2.45, 2.75) is 51.2 Å². The molecule has 0 atom stereocenters. The highest BCUT2D eigenvalue weighted by molar-refractivity contribution is 9.10. The molecule has 0 spiro atoms. The molecule has 7 nitrogen and oxygen atoms in total. The third kappa shape index (κ3) is 5.05. The quantitative estimate of drug-likeness (QED) is 0.506. The smallest absolute Gasteiger partial charge is 0.410 e. The van der Waals surface area contributed by atoms with E-state index in [-0.39, 0.29) is 27.0 Å². The highest BCUT2D eigenvalue weighted by Gasteiger charge is 2.35. The zero-order chi connectivity index (χ0) is 24.1. The number of halogens is 3. The van der Waals surface area contributed by atoms with Gasteiger partial charge in [-0.1, -0.05) is 11.6 Å². The number of rotatable bonds is 3. The van der Waals surface area contributed by atoms with Crippen molar-refractivity contribution in [2.24, 2.45) is 0 Å². The molecule has 0 unspecified atom stereocenters. The molecule has 2 aliphatic rings. The normalized spacial score (nSPS) is 21.5. The topological polar surface area (TPSA) is 61.8 Å². The van der Waals surface area contributed by atoms with Crippen LogP contribution in [-0.4, -0.2) is 77.8 Å². The maximum Gasteiger partial charge on any atom is 0.410 e. The number of anilines is 1. The predicted molar refractivity (Wildman–Crippen MR) is 132 cm³/mol. The molecule has 0 N–H and O–H groups in total. The van der Waals surface area contributed by atoms with Crippen LogP contribution in [0.1, 0.15) is 45.4 Å². The number of piperazine rings is 1. The first kappa shape index (κ1) is 24.4. The van der Waals surface area contributed by atoms with Crippen LogP contribution in [0.15, 0.2) is 10.5 Å². The first-order valence-corrected chi connectivity index (χ1v) is 12.4. The maximum atomic E-state index is 15.2. The zero-order valence-electron chi connectivity index (χ0n) is 19.7. The van der Waals surface area contributed by atoms with Crippen molar-refractivity contribution in [1.82, 2.24) is 19.8 Å². The van der Waals surface area contributed by atoms with Crippen molar-refractivity contribution in [3.8, 4) is 0 Å². The molecule has 1 aromatic carbocycles. The maximum absolute atomic E-state index is 15.2. The van der Waals surface area contributed by atoms with Crippen LogP contribution < -0.4 is 4.90 Å². The van der Waals surface area contributed by atoms with Gasteiger partial charge in [-0.2, -0.15) is 0 Å². The Morgan fingerprint density at radius 2 is 1.85 bits per heavy atom. The van der Waals surface area contributed by atoms with Gasteiger partial charge < -0.3 is 19.4 Å². The van der Waals surface area contributed by atoms with Crippen LogP contribution in [0.25, 0.3) is 10.9 Å².